The molecule has 7 nitrogen and oxygen atoms in total. The van der Waals surface area contributed by atoms with Crippen LogP contribution in [0.25, 0.3) is 11.0 Å². The molecule has 1 fully saturated rings. The van der Waals surface area contributed by atoms with Gasteiger partial charge in [-0.15, -0.1) is 13.2 Å². The first kappa shape index (κ1) is 26.3. The van der Waals surface area contributed by atoms with E-state index in [4.69, 9.17) is 5.73 Å². The Balaban J connectivity index is 1.33. The Labute approximate surface area is 217 Å². The number of aromatic amines is 1. The monoisotopic (exact) mass is 533 g/mol. The number of pyridine rings is 1. The minimum atomic E-state index is -4.85. The smallest absolute Gasteiger partial charge is 0.406 e. The molecular weight excluding hydrogens is 502 g/mol. The fourth-order valence-corrected chi connectivity index (χ4v) is 5.85. The molecule has 1 aromatic carbocycles. The molecule has 2 aliphatic rings. The van der Waals surface area contributed by atoms with Crippen molar-refractivity contribution in [2.75, 3.05) is 31.9 Å². The van der Waals surface area contributed by atoms with E-state index >= 15 is 4.39 Å². The third kappa shape index (κ3) is 5.29. The SMILES string of the molecule is CCNCC1CCc2[nH]c3ncc(F)c(C4CCN(C(=O)c5ccc(OC(F)(F)F)cc5N)CC4)c3c2C1. The average molecular weight is 534 g/mol. The first-order chi connectivity index (χ1) is 18.1. The second kappa shape index (κ2) is 10.4. The number of nitrogens with zero attached hydrogens (tertiary/aromatic N) is 2. The second-order valence-electron chi connectivity index (χ2n) is 10.1. The summed E-state index contributed by atoms with van der Waals surface area (Å²) in [4.78, 5) is 22.5. The summed E-state index contributed by atoms with van der Waals surface area (Å²) >= 11 is 0. The van der Waals surface area contributed by atoms with Crippen LogP contribution in [0, 0.1) is 11.7 Å². The molecule has 5 rings (SSSR count). The Morgan fingerprint density at radius 1 is 1.26 bits per heavy atom. The number of aryl methyl sites for hydroxylation is 1. The fourth-order valence-electron chi connectivity index (χ4n) is 5.85. The van der Waals surface area contributed by atoms with Crippen LogP contribution in [-0.2, 0) is 12.8 Å². The number of fused-ring (bicyclic) bond motifs is 3. The number of rotatable bonds is 6. The van der Waals surface area contributed by atoms with Gasteiger partial charge >= 0.3 is 6.36 Å². The van der Waals surface area contributed by atoms with E-state index in [0.29, 0.717) is 43.1 Å². The Morgan fingerprint density at radius 3 is 2.71 bits per heavy atom. The number of piperidine rings is 1. The molecule has 1 aliphatic carbocycles. The van der Waals surface area contributed by atoms with Crippen LogP contribution < -0.4 is 15.8 Å². The van der Waals surface area contributed by atoms with Crippen LogP contribution in [-0.4, -0.2) is 53.3 Å². The predicted molar refractivity (Wildman–Crippen MR) is 136 cm³/mol. The number of hydrogen-bond acceptors (Lipinski definition) is 5. The Kier molecular flexibility index (Phi) is 7.21. The maximum atomic E-state index is 15.3. The largest absolute Gasteiger partial charge is 0.573 e. The summed E-state index contributed by atoms with van der Waals surface area (Å²) in [6.07, 6.45) is 0.375. The number of ether oxygens (including phenoxy) is 1. The molecule has 1 amide bonds. The summed E-state index contributed by atoms with van der Waals surface area (Å²) in [6, 6.07) is 3.31. The van der Waals surface area contributed by atoms with Crippen LogP contribution in [0.15, 0.2) is 24.4 Å². The van der Waals surface area contributed by atoms with Crippen LogP contribution in [0.3, 0.4) is 0 Å². The lowest BCUT2D eigenvalue weighted by Gasteiger charge is -2.33. The summed E-state index contributed by atoms with van der Waals surface area (Å²) in [7, 11) is 0. The highest BCUT2D eigenvalue weighted by Crippen LogP contribution is 2.40. The van der Waals surface area contributed by atoms with Crippen molar-refractivity contribution in [1.82, 2.24) is 20.2 Å². The molecule has 1 unspecified atom stereocenters. The van der Waals surface area contributed by atoms with Gasteiger partial charge in [-0.2, -0.15) is 0 Å². The summed E-state index contributed by atoms with van der Waals surface area (Å²) in [5, 5.41) is 4.31. The molecule has 1 atom stereocenters. The van der Waals surface area contributed by atoms with Gasteiger partial charge in [0.25, 0.3) is 5.91 Å². The zero-order valence-corrected chi connectivity index (χ0v) is 21.1. The minimum absolute atomic E-state index is 0.0847. The van der Waals surface area contributed by atoms with Crippen LogP contribution in [0.5, 0.6) is 5.75 Å². The molecule has 3 heterocycles. The average Bonchev–Trinajstić information content (AvgIpc) is 3.24. The summed E-state index contributed by atoms with van der Waals surface area (Å²) < 4.78 is 56.7. The molecule has 0 saturated carbocycles. The van der Waals surface area contributed by atoms with Crippen molar-refractivity contribution in [3.05, 3.63) is 52.6 Å². The van der Waals surface area contributed by atoms with Gasteiger partial charge in [-0.25, -0.2) is 9.37 Å². The van der Waals surface area contributed by atoms with Crippen molar-refractivity contribution in [3.8, 4) is 5.75 Å². The van der Waals surface area contributed by atoms with Gasteiger partial charge in [0.1, 0.15) is 17.2 Å². The number of anilines is 1. The first-order valence-corrected chi connectivity index (χ1v) is 13.0. The number of amides is 1. The van der Waals surface area contributed by atoms with Gasteiger partial charge in [0.15, 0.2) is 0 Å². The number of halogens is 4. The number of alkyl halides is 3. The summed E-state index contributed by atoms with van der Waals surface area (Å²) in [5.41, 5.74) is 9.57. The van der Waals surface area contributed by atoms with Crippen molar-refractivity contribution in [2.45, 2.75) is 51.3 Å². The molecule has 0 spiro atoms. The fraction of sp³-hybridized carbons (Fsp3) is 0.481. The Morgan fingerprint density at radius 2 is 2.03 bits per heavy atom. The number of hydrogen-bond donors (Lipinski definition) is 3. The van der Waals surface area contributed by atoms with Gasteiger partial charge in [-0.3, -0.25) is 4.79 Å². The molecule has 0 bridgehead atoms. The summed E-state index contributed by atoms with van der Waals surface area (Å²) in [6.45, 7) is 4.67. The highest BCUT2D eigenvalue weighted by atomic mass is 19.4. The van der Waals surface area contributed by atoms with Crippen molar-refractivity contribution < 1.29 is 27.1 Å². The molecule has 0 radical (unpaired) electrons. The topological polar surface area (TPSA) is 96.3 Å². The lowest BCUT2D eigenvalue weighted by molar-refractivity contribution is -0.274. The lowest BCUT2D eigenvalue weighted by atomic mass is 9.82. The molecule has 1 aliphatic heterocycles. The van der Waals surface area contributed by atoms with Crippen molar-refractivity contribution in [1.29, 1.82) is 0 Å². The summed E-state index contributed by atoms with van der Waals surface area (Å²) in [5.74, 6) is -0.786. The molecule has 2 aromatic heterocycles. The van der Waals surface area contributed by atoms with Crippen LogP contribution in [0.4, 0.5) is 23.2 Å². The van der Waals surface area contributed by atoms with Crippen molar-refractivity contribution in [2.24, 2.45) is 5.92 Å². The number of nitrogen functional groups attached to an aromatic ring is 1. The van der Waals surface area contributed by atoms with Gasteiger partial charge < -0.3 is 25.7 Å². The number of carbonyl (C=O) groups excluding carboxylic acids is 1. The van der Waals surface area contributed by atoms with Crippen LogP contribution in [0.1, 0.15) is 59.3 Å². The standard InChI is InChI=1S/C27H31F4N5O2/c1-2-33-13-15-3-6-22-19(11-15)24-23(20(28)14-34-25(24)35-22)16-7-9-36(10-8-16)26(37)18-5-4-17(12-21(18)32)38-27(29,30)31/h4-5,12,14-16,33H,2-3,6-11,13,32H2,1H3,(H,34,35). The number of aromatic nitrogens is 2. The molecular formula is C27H31F4N5O2. The van der Waals surface area contributed by atoms with Crippen LogP contribution in [0.2, 0.25) is 0 Å². The molecule has 204 valence electrons. The van der Waals surface area contributed by atoms with E-state index < -0.39 is 12.1 Å². The third-order valence-corrected chi connectivity index (χ3v) is 7.66. The number of likely N-dealkylation sites (tertiary alicyclic amines) is 1. The zero-order chi connectivity index (χ0) is 27.0. The van der Waals surface area contributed by atoms with E-state index in [2.05, 4.69) is 26.9 Å². The van der Waals surface area contributed by atoms with Gasteiger partial charge in [-0.1, -0.05) is 6.92 Å². The normalized spacial score (nSPS) is 18.6. The number of H-pyrrole nitrogens is 1. The van der Waals surface area contributed by atoms with Crippen LogP contribution >= 0.6 is 0 Å². The highest BCUT2D eigenvalue weighted by molar-refractivity contribution is 5.99. The first-order valence-electron chi connectivity index (χ1n) is 13.0. The molecule has 11 heteroatoms. The van der Waals surface area contributed by atoms with E-state index in [1.807, 2.05) is 0 Å². The Bertz CT molecular complexity index is 1330. The predicted octanol–water partition coefficient (Wildman–Crippen LogP) is 4.92. The second-order valence-corrected chi connectivity index (χ2v) is 10.1. The van der Waals surface area contributed by atoms with Crippen molar-refractivity contribution in [3.63, 3.8) is 0 Å². The van der Waals surface area contributed by atoms with Gasteiger partial charge in [-0.05, 0) is 74.7 Å². The maximum Gasteiger partial charge on any atom is 0.573 e. The van der Waals surface area contributed by atoms with E-state index in [-0.39, 0.29) is 28.9 Å². The number of nitrogens with two attached hydrogens (primary N) is 1. The third-order valence-electron chi connectivity index (χ3n) is 7.66. The Hall–Kier alpha value is -3.34. The number of carbonyl (C=O) groups is 1. The lowest BCUT2D eigenvalue weighted by Crippen LogP contribution is -2.38. The number of nitrogens with one attached hydrogen (secondary N) is 2. The molecule has 4 N–H and O–H groups in total. The van der Waals surface area contributed by atoms with E-state index in [1.54, 1.807) is 4.90 Å². The highest BCUT2D eigenvalue weighted by Gasteiger charge is 2.33. The van der Waals surface area contributed by atoms with Crippen molar-refractivity contribution >= 4 is 22.6 Å². The zero-order valence-electron chi connectivity index (χ0n) is 21.1. The minimum Gasteiger partial charge on any atom is -0.406 e. The van der Waals surface area contributed by atoms with Gasteiger partial charge in [0.2, 0.25) is 0 Å². The maximum absolute atomic E-state index is 15.3. The molecule has 38 heavy (non-hydrogen) atoms. The molecule has 1 saturated heterocycles. The van der Waals surface area contributed by atoms with E-state index in [0.717, 1.165) is 61.1 Å². The quantitative estimate of drug-likeness (QED) is 0.309. The van der Waals surface area contributed by atoms with Gasteiger partial charge in [0.05, 0.1) is 11.8 Å². The van der Waals surface area contributed by atoms with E-state index in [1.165, 1.54) is 12.3 Å². The number of benzene rings is 1. The van der Waals surface area contributed by atoms with E-state index in [9.17, 15) is 18.0 Å². The molecule has 3 aromatic rings. The van der Waals surface area contributed by atoms with Gasteiger partial charge in [0, 0.05) is 41.5 Å².